The average Bonchev–Trinajstić information content (AvgIpc) is 2.62. The van der Waals surface area contributed by atoms with Crippen molar-refractivity contribution in [1.29, 1.82) is 0 Å². The van der Waals surface area contributed by atoms with Crippen LogP contribution >= 0.6 is 0 Å². The summed E-state index contributed by atoms with van der Waals surface area (Å²) in [4.78, 5) is 24.2. The molecule has 1 N–H and O–H groups in total. The van der Waals surface area contributed by atoms with E-state index in [9.17, 15) is 9.59 Å². The molecule has 0 radical (unpaired) electrons. The van der Waals surface area contributed by atoms with Crippen LogP contribution in [0.1, 0.15) is 22.8 Å². The van der Waals surface area contributed by atoms with Gasteiger partial charge in [0.2, 0.25) is 5.91 Å². The lowest BCUT2D eigenvalue weighted by atomic mass is 9.97. The topological polar surface area (TPSA) is 46.2 Å². The lowest BCUT2D eigenvalue weighted by Gasteiger charge is -2.10. The van der Waals surface area contributed by atoms with Crippen LogP contribution in [-0.4, -0.2) is 11.7 Å². The van der Waals surface area contributed by atoms with E-state index in [4.69, 9.17) is 0 Å². The van der Waals surface area contributed by atoms with Gasteiger partial charge < -0.3 is 5.32 Å². The Hall–Kier alpha value is -3.20. The van der Waals surface area contributed by atoms with Gasteiger partial charge in [0.15, 0.2) is 5.78 Å². The van der Waals surface area contributed by atoms with Gasteiger partial charge in [-0.25, -0.2) is 0 Å². The van der Waals surface area contributed by atoms with E-state index >= 15 is 0 Å². The van der Waals surface area contributed by atoms with Gasteiger partial charge in [-0.1, -0.05) is 60.7 Å². The van der Waals surface area contributed by atoms with Crippen molar-refractivity contribution in [3.05, 3.63) is 90.0 Å². The fraction of sp³-hybridized carbons (Fsp3) is 0.0476. The number of rotatable bonds is 4. The molecule has 0 unspecified atom stereocenters. The summed E-state index contributed by atoms with van der Waals surface area (Å²) in [6.07, 6.45) is 0. The van der Waals surface area contributed by atoms with Crippen LogP contribution in [0.2, 0.25) is 0 Å². The van der Waals surface area contributed by atoms with Gasteiger partial charge >= 0.3 is 0 Å². The Morgan fingerprint density at radius 1 is 0.708 bits per heavy atom. The normalized spacial score (nSPS) is 10.2. The summed E-state index contributed by atoms with van der Waals surface area (Å²) in [7, 11) is 0. The second-order valence-electron chi connectivity index (χ2n) is 5.54. The van der Waals surface area contributed by atoms with Gasteiger partial charge in [-0.3, -0.25) is 9.59 Å². The third kappa shape index (κ3) is 3.58. The standard InChI is InChI=1S/C21H17NO2/c1-15(23)22-20-13-18(16-8-4-2-5-9-16)12-19(14-20)21(24)17-10-6-3-7-11-17/h2-14H,1H3,(H,22,23). The molecule has 0 bridgehead atoms. The molecule has 3 nitrogen and oxygen atoms in total. The summed E-state index contributed by atoms with van der Waals surface area (Å²) in [6, 6.07) is 24.3. The predicted octanol–water partition coefficient (Wildman–Crippen LogP) is 4.54. The van der Waals surface area contributed by atoms with Crippen LogP contribution in [0.5, 0.6) is 0 Å². The van der Waals surface area contributed by atoms with Crippen molar-refractivity contribution in [2.75, 3.05) is 5.32 Å². The summed E-state index contributed by atoms with van der Waals surface area (Å²) in [6.45, 7) is 1.45. The Morgan fingerprint density at radius 2 is 1.33 bits per heavy atom. The van der Waals surface area contributed by atoms with Gasteiger partial charge in [-0.05, 0) is 29.3 Å². The maximum atomic E-state index is 12.8. The van der Waals surface area contributed by atoms with Crippen LogP contribution in [-0.2, 0) is 4.79 Å². The van der Waals surface area contributed by atoms with Gasteiger partial charge in [0.1, 0.15) is 0 Å². The zero-order valence-electron chi connectivity index (χ0n) is 13.3. The summed E-state index contributed by atoms with van der Waals surface area (Å²) in [5.41, 5.74) is 3.67. The van der Waals surface area contributed by atoms with Crippen molar-refractivity contribution < 1.29 is 9.59 Å². The van der Waals surface area contributed by atoms with Crippen molar-refractivity contribution in [2.45, 2.75) is 6.92 Å². The van der Waals surface area contributed by atoms with E-state index < -0.39 is 0 Å². The third-order valence-corrected chi connectivity index (χ3v) is 3.66. The zero-order chi connectivity index (χ0) is 16.9. The molecule has 3 rings (SSSR count). The van der Waals surface area contributed by atoms with Gasteiger partial charge in [-0.15, -0.1) is 0 Å². The maximum Gasteiger partial charge on any atom is 0.221 e. The van der Waals surface area contributed by atoms with Crippen LogP contribution in [0.15, 0.2) is 78.9 Å². The Bertz CT molecular complexity index is 871. The monoisotopic (exact) mass is 315 g/mol. The molecule has 0 saturated carbocycles. The SMILES string of the molecule is CC(=O)Nc1cc(C(=O)c2ccccc2)cc(-c2ccccc2)c1. The number of anilines is 1. The van der Waals surface area contributed by atoms with E-state index in [1.54, 1.807) is 18.2 Å². The largest absolute Gasteiger partial charge is 0.326 e. The molecule has 0 saturated heterocycles. The second-order valence-corrected chi connectivity index (χ2v) is 5.54. The van der Waals surface area contributed by atoms with Crippen molar-refractivity contribution in [1.82, 2.24) is 0 Å². The molecule has 0 atom stereocenters. The van der Waals surface area contributed by atoms with Crippen molar-refractivity contribution in [3.63, 3.8) is 0 Å². The van der Waals surface area contributed by atoms with Crippen LogP contribution in [0.4, 0.5) is 5.69 Å². The number of carbonyl (C=O) groups excluding carboxylic acids is 2. The molecule has 0 aliphatic carbocycles. The molecular formula is C21H17NO2. The van der Waals surface area contributed by atoms with Crippen LogP contribution in [0.25, 0.3) is 11.1 Å². The first-order valence-electron chi connectivity index (χ1n) is 7.71. The van der Waals surface area contributed by atoms with Crippen molar-refractivity contribution in [3.8, 4) is 11.1 Å². The molecular weight excluding hydrogens is 298 g/mol. The molecule has 24 heavy (non-hydrogen) atoms. The van der Waals surface area contributed by atoms with Gasteiger partial charge in [0.05, 0.1) is 0 Å². The molecule has 118 valence electrons. The lowest BCUT2D eigenvalue weighted by Crippen LogP contribution is -2.08. The fourth-order valence-electron chi connectivity index (χ4n) is 2.59. The molecule has 0 heterocycles. The van der Waals surface area contributed by atoms with Crippen LogP contribution in [0.3, 0.4) is 0 Å². The number of amides is 1. The number of benzene rings is 3. The highest BCUT2D eigenvalue weighted by Crippen LogP contribution is 2.26. The zero-order valence-corrected chi connectivity index (χ0v) is 13.3. The van der Waals surface area contributed by atoms with Crippen molar-refractivity contribution >= 4 is 17.4 Å². The fourth-order valence-corrected chi connectivity index (χ4v) is 2.59. The Labute approximate surface area is 141 Å². The lowest BCUT2D eigenvalue weighted by molar-refractivity contribution is -0.114. The summed E-state index contributed by atoms with van der Waals surface area (Å²) >= 11 is 0. The number of carbonyl (C=O) groups is 2. The van der Waals surface area contributed by atoms with E-state index in [2.05, 4.69) is 5.32 Å². The minimum atomic E-state index is -0.168. The summed E-state index contributed by atoms with van der Waals surface area (Å²) in [5, 5.41) is 2.77. The molecule has 0 aromatic heterocycles. The molecule has 3 heteroatoms. The van der Waals surface area contributed by atoms with Gasteiger partial charge in [0, 0.05) is 23.7 Å². The molecule has 3 aromatic carbocycles. The van der Waals surface area contributed by atoms with E-state index in [0.717, 1.165) is 11.1 Å². The first kappa shape index (κ1) is 15.7. The van der Waals surface area contributed by atoms with E-state index in [-0.39, 0.29) is 11.7 Å². The van der Waals surface area contributed by atoms with Crippen molar-refractivity contribution in [2.24, 2.45) is 0 Å². The number of nitrogens with one attached hydrogen (secondary N) is 1. The molecule has 1 amide bonds. The van der Waals surface area contributed by atoms with E-state index in [1.807, 2.05) is 60.7 Å². The number of hydrogen-bond acceptors (Lipinski definition) is 2. The first-order valence-corrected chi connectivity index (χ1v) is 7.71. The quantitative estimate of drug-likeness (QED) is 0.718. The molecule has 3 aromatic rings. The molecule has 0 aliphatic rings. The smallest absolute Gasteiger partial charge is 0.221 e. The molecule has 0 fully saturated rings. The average molecular weight is 315 g/mol. The third-order valence-electron chi connectivity index (χ3n) is 3.66. The number of ketones is 1. The predicted molar refractivity (Wildman–Crippen MR) is 96.1 cm³/mol. The van der Waals surface area contributed by atoms with Gasteiger partial charge in [-0.2, -0.15) is 0 Å². The maximum absolute atomic E-state index is 12.8. The summed E-state index contributed by atoms with van der Waals surface area (Å²) < 4.78 is 0. The highest BCUT2D eigenvalue weighted by atomic mass is 16.1. The second kappa shape index (κ2) is 6.92. The van der Waals surface area contributed by atoms with Crippen LogP contribution < -0.4 is 5.32 Å². The Kier molecular flexibility index (Phi) is 4.52. The van der Waals surface area contributed by atoms with Crippen LogP contribution in [0, 0.1) is 0 Å². The van der Waals surface area contributed by atoms with Gasteiger partial charge in [0.25, 0.3) is 0 Å². The Morgan fingerprint density at radius 3 is 1.96 bits per heavy atom. The highest BCUT2D eigenvalue weighted by Gasteiger charge is 2.12. The van der Waals surface area contributed by atoms with E-state index in [0.29, 0.717) is 16.8 Å². The Balaban J connectivity index is 2.08. The minimum Gasteiger partial charge on any atom is -0.326 e. The molecule has 0 aliphatic heterocycles. The number of hydrogen-bond donors (Lipinski definition) is 1. The minimum absolute atomic E-state index is 0.0695. The first-order chi connectivity index (χ1) is 11.6. The highest BCUT2D eigenvalue weighted by molar-refractivity contribution is 6.10. The summed E-state index contributed by atoms with van der Waals surface area (Å²) in [5.74, 6) is -0.238. The van der Waals surface area contributed by atoms with E-state index in [1.165, 1.54) is 6.92 Å². The molecule has 0 spiro atoms.